The molecule has 2 heterocycles. The largest absolute Gasteiger partial charge is 0.328 e. The van der Waals surface area contributed by atoms with E-state index < -0.39 is 0 Å². The van der Waals surface area contributed by atoms with Crippen molar-refractivity contribution in [2.75, 3.05) is 6.26 Å². The first-order valence-corrected chi connectivity index (χ1v) is 8.82. The molecule has 3 rings (SSSR count). The molecule has 24 heavy (non-hydrogen) atoms. The molecule has 0 fully saturated rings. The van der Waals surface area contributed by atoms with Crippen LogP contribution in [0.5, 0.6) is 0 Å². The van der Waals surface area contributed by atoms with E-state index in [0.717, 1.165) is 17.0 Å². The molecule has 0 radical (unpaired) electrons. The standard InChI is InChI=1S/C19H18N4S/c1-12-7-5-6-8-15(12)10-23-11-21-18-16(9-20)19(24-4)22-13(2)17(18)14(23)3/h5-8,11H,3,10H2,1-2,4H3. The lowest BCUT2D eigenvalue weighted by molar-refractivity contribution is 0.587. The van der Waals surface area contributed by atoms with Crippen molar-refractivity contribution in [3.05, 3.63) is 58.8 Å². The number of nitrogens with zero attached hydrogens (tertiary/aromatic N) is 4. The van der Waals surface area contributed by atoms with Gasteiger partial charge in [-0.3, -0.25) is 0 Å². The van der Waals surface area contributed by atoms with Gasteiger partial charge in [0, 0.05) is 17.8 Å². The topological polar surface area (TPSA) is 52.3 Å². The Morgan fingerprint density at radius 1 is 1.29 bits per heavy atom. The van der Waals surface area contributed by atoms with E-state index in [4.69, 9.17) is 0 Å². The lowest BCUT2D eigenvalue weighted by Gasteiger charge is -2.29. The Balaban J connectivity index is 2.04. The molecule has 1 aliphatic rings. The van der Waals surface area contributed by atoms with Gasteiger partial charge >= 0.3 is 0 Å². The Morgan fingerprint density at radius 2 is 2.04 bits per heavy atom. The Morgan fingerprint density at radius 3 is 2.71 bits per heavy atom. The predicted molar refractivity (Wildman–Crippen MR) is 99.4 cm³/mol. The van der Waals surface area contributed by atoms with Crippen molar-refractivity contribution >= 4 is 29.5 Å². The average molecular weight is 334 g/mol. The maximum Gasteiger partial charge on any atom is 0.116 e. The van der Waals surface area contributed by atoms with E-state index in [1.165, 1.54) is 22.9 Å². The Labute approximate surface area is 146 Å². The van der Waals surface area contributed by atoms with Gasteiger partial charge in [-0.25, -0.2) is 9.98 Å². The van der Waals surface area contributed by atoms with Gasteiger partial charge in [0.05, 0.1) is 17.7 Å². The fourth-order valence-electron chi connectivity index (χ4n) is 2.83. The monoisotopic (exact) mass is 334 g/mol. The summed E-state index contributed by atoms with van der Waals surface area (Å²) in [4.78, 5) is 11.1. The molecule has 0 spiro atoms. The number of nitriles is 1. The van der Waals surface area contributed by atoms with Crippen LogP contribution in [-0.4, -0.2) is 22.5 Å². The normalized spacial score (nSPS) is 12.9. The SMILES string of the molecule is C=C1c2c(C)nc(SC)c(C#N)c2N=CN1Cc1ccccc1C. The summed E-state index contributed by atoms with van der Waals surface area (Å²) in [7, 11) is 0. The van der Waals surface area contributed by atoms with Gasteiger partial charge in [-0.1, -0.05) is 30.8 Å². The number of fused-ring (bicyclic) bond motifs is 1. The molecule has 120 valence electrons. The zero-order chi connectivity index (χ0) is 17.3. The summed E-state index contributed by atoms with van der Waals surface area (Å²) in [6.07, 6.45) is 3.68. The van der Waals surface area contributed by atoms with Crippen molar-refractivity contribution in [3.8, 4) is 6.07 Å². The second-order valence-electron chi connectivity index (χ2n) is 5.66. The van der Waals surface area contributed by atoms with Crippen LogP contribution in [0.3, 0.4) is 0 Å². The number of aromatic nitrogens is 1. The lowest BCUT2D eigenvalue weighted by Crippen LogP contribution is -2.23. The van der Waals surface area contributed by atoms with Crippen LogP contribution in [0.15, 0.2) is 40.9 Å². The first-order valence-electron chi connectivity index (χ1n) is 7.60. The Kier molecular flexibility index (Phi) is 4.41. The molecule has 0 amide bonds. The van der Waals surface area contributed by atoms with Crippen LogP contribution in [0.1, 0.15) is 27.9 Å². The molecule has 0 saturated heterocycles. The van der Waals surface area contributed by atoms with E-state index in [2.05, 4.69) is 41.7 Å². The third kappa shape index (κ3) is 2.70. The van der Waals surface area contributed by atoms with Gasteiger partial charge in [-0.15, -0.1) is 11.8 Å². The van der Waals surface area contributed by atoms with Gasteiger partial charge in [0.25, 0.3) is 0 Å². The summed E-state index contributed by atoms with van der Waals surface area (Å²) in [6.45, 7) is 8.97. The van der Waals surface area contributed by atoms with E-state index in [9.17, 15) is 5.26 Å². The van der Waals surface area contributed by atoms with Crippen molar-refractivity contribution in [2.45, 2.75) is 25.4 Å². The fraction of sp³-hybridized carbons (Fsp3) is 0.211. The molecule has 5 heteroatoms. The molecular weight excluding hydrogens is 316 g/mol. The van der Waals surface area contributed by atoms with Crippen LogP contribution in [0.4, 0.5) is 5.69 Å². The number of aliphatic imine (C=N–C) groups is 1. The van der Waals surface area contributed by atoms with Crippen LogP contribution in [0.25, 0.3) is 5.70 Å². The van der Waals surface area contributed by atoms with Crippen LogP contribution in [0, 0.1) is 25.2 Å². The van der Waals surface area contributed by atoms with Gasteiger partial charge in [0.15, 0.2) is 0 Å². The van der Waals surface area contributed by atoms with Crippen molar-refractivity contribution in [1.29, 1.82) is 5.26 Å². The molecular formula is C19H18N4S. The first-order chi connectivity index (χ1) is 11.6. The van der Waals surface area contributed by atoms with Gasteiger partial charge < -0.3 is 4.90 Å². The molecule has 1 aromatic carbocycles. The van der Waals surface area contributed by atoms with Crippen LogP contribution in [-0.2, 0) is 6.54 Å². The van der Waals surface area contributed by atoms with Crippen molar-refractivity contribution < 1.29 is 0 Å². The highest BCUT2D eigenvalue weighted by molar-refractivity contribution is 7.98. The van der Waals surface area contributed by atoms with Crippen LogP contribution >= 0.6 is 11.8 Å². The third-order valence-corrected chi connectivity index (χ3v) is 4.87. The van der Waals surface area contributed by atoms with Gasteiger partial charge in [0.2, 0.25) is 0 Å². The summed E-state index contributed by atoms with van der Waals surface area (Å²) in [5.41, 5.74) is 6.20. The van der Waals surface area contributed by atoms with E-state index >= 15 is 0 Å². The smallest absolute Gasteiger partial charge is 0.116 e. The average Bonchev–Trinajstić information content (AvgIpc) is 2.58. The number of pyridine rings is 1. The molecule has 2 aromatic rings. The third-order valence-electron chi connectivity index (χ3n) is 4.19. The van der Waals surface area contributed by atoms with Crippen molar-refractivity contribution in [3.63, 3.8) is 0 Å². The number of rotatable bonds is 3. The second-order valence-corrected chi connectivity index (χ2v) is 6.46. The van der Waals surface area contributed by atoms with Gasteiger partial charge in [-0.05, 0) is 31.2 Å². The molecule has 0 unspecified atom stereocenters. The molecule has 0 aliphatic carbocycles. The van der Waals surface area contributed by atoms with Crippen LogP contribution < -0.4 is 0 Å². The van der Waals surface area contributed by atoms with Crippen molar-refractivity contribution in [2.24, 2.45) is 4.99 Å². The first kappa shape index (κ1) is 16.3. The maximum atomic E-state index is 9.50. The summed E-state index contributed by atoms with van der Waals surface area (Å²) in [5, 5.41) is 10.2. The number of thioether (sulfide) groups is 1. The molecule has 0 N–H and O–H groups in total. The van der Waals surface area contributed by atoms with Gasteiger partial charge in [0.1, 0.15) is 16.7 Å². The summed E-state index contributed by atoms with van der Waals surface area (Å²) < 4.78 is 0. The molecule has 0 atom stereocenters. The minimum Gasteiger partial charge on any atom is -0.328 e. The zero-order valence-corrected chi connectivity index (χ0v) is 14.8. The number of hydrogen-bond donors (Lipinski definition) is 0. The minimum absolute atomic E-state index is 0.524. The van der Waals surface area contributed by atoms with E-state index in [1.807, 2.05) is 30.2 Å². The Bertz CT molecular complexity index is 893. The number of hydrogen-bond acceptors (Lipinski definition) is 5. The minimum atomic E-state index is 0.524. The van der Waals surface area contributed by atoms with Gasteiger partial charge in [-0.2, -0.15) is 5.26 Å². The second kappa shape index (κ2) is 6.50. The lowest BCUT2D eigenvalue weighted by atomic mass is 10.0. The van der Waals surface area contributed by atoms with E-state index in [-0.39, 0.29) is 0 Å². The number of benzene rings is 1. The summed E-state index contributed by atoms with van der Waals surface area (Å²) >= 11 is 1.46. The van der Waals surface area contributed by atoms with Crippen LogP contribution in [0.2, 0.25) is 0 Å². The quantitative estimate of drug-likeness (QED) is 0.779. The molecule has 4 nitrogen and oxygen atoms in total. The predicted octanol–water partition coefficient (Wildman–Crippen LogP) is 4.44. The maximum absolute atomic E-state index is 9.50. The molecule has 1 aliphatic heterocycles. The highest BCUT2D eigenvalue weighted by atomic mass is 32.2. The highest BCUT2D eigenvalue weighted by Gasteiger charge is 2.25. The van der Waals surface area contributed by atoms with E-state index in [0.29, 0.717) is 22.8 Å². The fourth-order valence-corrected chi connectivity index (χ4v) is 3.41. The van der Waals surface area contributed by atoms with Crippen molar-refractivity contribution in [1.82, 2.24) is 9.88 Å². The zero-order valence-electron chi connectivity index (χ0n) is 14.0. The molecule has 1 aromatic heterocycles. The highest BCUT2D eigenvalue weighted by Crippen LogP contribution is 2.39. The molecule has 0 bridgehead atoms. The summed E-state index contributed by atoms with van der Waals surface area (Å²) in [6, 6.07) is 10.5. The Hall–Kier alpha value is -2.58. The van der Waals surface area contributed by atoms with E-state index in [1.54, 1.807) is 6.34 Å². The molecule has 0 saturated carbocycles. The summed E-state index contributed by atoms with van der Waals surface area (Å²) in [5.74, 6) is 0. The number of aryl methyl sites for hydroxylation is 2.